The average Bonchev–Trinajstić information content (AvgIpc) is 3.24. The molecule has 0 radical (unpaired) electrons. The van der Waals surface area contributed by atoms with Gasteiger partial charge in [-0.3, -0.25) is 9.69 Å². The molecule has 4 nitrogen and oxygen atoms in total. The van der Waals surface area contributed by atoms with Crippen molar-refractivity contribution < 1.29 is 9.21 Å². The zero-order valence-electron chi connectivity index (χ0n) is 14.0. The van der Waals surface area contributed by atoms with Crippen molar-refractivity contribution in [3.8, 4) is 0 Å². The van der Waals surface area contributed by atoms with Crippen LogP contribution in [0, 0.1) is 20.8 Å². The summed E-state index contributed by atoms with van der Waals surface area (Å²) < 4.78 is 5.58. The van der Waals surface area contributed by atoms with E-state index in [-0.39, 0.29) is 11.9 Å². The van der Waals surface area contributed by atoms with Gasteiger partial charge in [0.05, 0.1) is 11.6 Å². The lowest BCUT2D eigenvalue weighted by Gasteiger charge is -2.26. The third-order valence-corrected chi connectivity index (χ3v) is 5.67. The van der Waals surface area contributed by atoms with Gasteiger partial charge in [-0.05, 0) is 58.1 Å². The molecule has 0 spiro atoms. The van der Waals surface area contributed by atoms with Crippen LogP contribution in [0.1, 0.15) is 51.2 Å². The Morgan fingerprint density at radius 3 is 2.61 bits per heavy atom. The molecule has 3 rings (SSSR count). The minimum atomic E-state index is -0.0300. The number of carbonyl (C=O) groups is 1. The molecule has 1 saturated heterocycles. The molecule has 3 heterocycles. The predicted octanol–water partition coefficient (Wildman–Crippen LogP) is 3.83. The molecule has 1 aliphatic heterocycles. The second kappa shape index (κ2) is 6.89. The van der Waals surface area contributed by atoms with Crippen LogP contribution in [0.5, 0.6) is 0 Å². The van der Waals surface area contributed by atoms with Crippen LogP contribution in [0.3, 0.4) is 0 Å². The fourth-order valence-electron chi connectivity index (χ4n) is 3.35. The first-order valence-electron chi connectivity index (χ1n) is 8.20. The quantitative estimate of drug-likeness (QED) is 0.905. The van der Waals surface area contributed by atoms with Crippen molar-refractivity contribution in [3.05, 3.63) is 45.0 Å². The molecule has 0 bridgehead atoms. The van der Waals surface area contributed by atoms with E-state index in [1.807, 2.05) is 20.8 Å². The standard InChI is InChI=1S/C18H24N2O2S/c1-12-13(2)22-14(3)17(12)18(21)19-11-15(16-7-6-10-23-16)20-8-4-5-9-20/h6-7,10,15H,4-5,8-9,11H2,1-3H3,(H,19,21). The van der Waals surface area contributed by atoms with Crippen molar-refractivity contribution in [2.75, 3.05) is 19.6 Å². The van der Waals surface area contributed by atoms with Crippen molar-refractivity contribution >= 4 is 17.2 Å². The monoisotopic (exact) mass is 332 g/mol. The van der Waals surface area contributed by atoms with E-state index in [2.05, 4.69) is 27.7 Å². The van der Waals surface area contributed by atoms with E-state index in [0.29, 0.717) is 17.9 Å². The van der Waals surface area contributed by atoms with Crippen LogP contribution in [-0.2, 0) is 0 Å². The van der Waals surface area contributed by atoms with Gasteiger partial charge in [0.25, 0.3) is 5.91 Å². The fourth-order valence-corrected chi connectivity index (χ4v) is 4.21. The summed E-state index contributed by atoms with van der Waals surface area (Å²) in [5.41, 5.74) is 1.63. The van der Waals surface area contributed by atoms with Crippen LogP contribution < -0.4 is 5.32 Å². The Labute approximate surface area is 141 Å². The van der Waals surface area contributed by atoms with Gasteiger partial charge in [0.2, 0.25) is 0 Å². The number of hydrogen-bond acceptors (Lipinski definition) is 4. The van der Waals surface area contributed by atoms with Crippen LogP contribution in [0.4, 0.5) is 0 Å². The SMILES string of the molecule is Cc1oc(C)c(C(=O)NCC(c2cccs2)N2CCCC2)c1C. The lowest BCUT2D eigenvalue weighted by atomic mass is 10.1. The van der Waals surface area contributed by atoms with E-state index in [1.54, 1.807) is 11.3 Å². The van der Waals surface area contributed by atoms with Crippen LogP contribution >= 0.6 is 11.3 Å². The number of rotatable bonds is 5. The van der Waals surface area contributed by atoms with Crippen molar-refractivity contribution in [2.24, 2.45) is 0 Å². The number of nitrogens with zero attached hydrogens (tertiary/aromatic N) is 1. The van der Waals surface area contributed by atoms with Crippen LogP contribution in [0.2, 0.25) is 0 Å². The molecule has 0 aliphatic carbocycles. The van der Waals surface area contributed by atoms with Gasteiger partial charge in [0.15, 0.2) is 0 Å². The summed E-state index contributed by atoms with van der Waals surface area (Å²) in [7, 11) is 0. The van der Waals surface area contributed by atoms with Crippen LogP contribution in [-0.4, -0.2) is 30.4 Å². The molecule has 5 heteroatoms. The predicted molar refractivity (Wildman–Crippen MR) is 93.1 cm³/mol. The second-order valence-corrected chi connectivity index (χ2v) is 7.18. The Balaban J connectivity index is 1.72. The zero-order valence-corrected chi connectivity index (χ0v) is 14.8. The largest absolute Gasteiger partial charge is 0.466 e. The van der Waals surface area contributed by atoms with Crippen LogP contribution in [0.15, 0.2) is 21.9 Å². The molecule has 1 N–H and O–H groups in total. The second-order valence-electron chi connectivity index (χ2n) is 6.20. The summed E-state index contributed by atoms with van der Waals surface area (Å²) in [6.45, 7) is 8.56. The Bertz CT molecular complexity index is 670. The molecule has 0 saturated carbocycles. The third-order valence-electron chi connectivity index (χ3n) is 4.70. The summed E-state index contributed by atoms with van der Waals surface area (Å²) in [6, 6.07) is 4.52. The number of likely N-dealkylation sites (tertiary alicyclic amines) is 1. The molecule has 1 unspecified atom stereocenters. The Kier molecular flexibility index (Phi) is 4.87. The van der Waals surface area contributed by atoms with Gasteiger partial charge < -0.3 is 9.73 Å². The number of aryl methyl sites for hydroxylation is 2. The van der Waals surface area contributed by atoms with Gasteiger partial charge in [0, 0.05) is 17.0 Å². The molecule has 1 atom stereocenters. The van der Waals surface area contributed by atoms with Crippen molar-refractivity contribution in [3.63, 3.8) is 0 Å². The van der Waals surface area contributed by atoms with Gasteiger partial charge in [0.1, 0.15) is 11.5 Å². The topological polar surface area (TPSA) is 45.5 Å². The third kappa shape index (κ3) is 3.35. The smallest absolute Gasteiger partial charge is 0.255 e. The fraction of sp³-hybridized carbons (Fsp3) is 0.500. The summed E-state index contributed by atoms with van der Waals surface area (Å²) >= 11 is 1.76. The molecular weight excluding hydrogens is 308 g/mol. The highest BCUT2D eigenvalue weighted by Gasteiger charge is 2.26. The molecule has 23 heavy (non-hydrogen) atoms. The average molecular weight is 332 g/mol. The maximum absolute atomic E-state index is 12.6. The first kappa shape index (κ1) is 16.3. The normalized spacial score (nSPS) is 16.7. The minimum absolute atomic E-state index is 0.0300. The number of thiophene rings is 1. The molecule has 1 aliphatic rings. The van der Waals surface area contributed by atoms with Crippen LogP contribution in [0.25, 0.3) is 0 Å². The highest BCUT2D eigenvalue weighted by atomic mass is 32.1. The number of hydrogen-bond donors (Lipinski definition) is 1. The number of amides is 1. The Morgan fingerprint density at radius 1 is 1.30 bits per heavy atom. The molecule has 1 amide bonds. The highest BCUT2D eigenvalue weighted by Crippen LogP contribution is 2.28. The minimum Gasteiger partial charge on any atom is -0.466 e. The molecular formula is C18H24N2O2S. The van der Waals surface area contributed by atoms with E-state index < -0.39 is 0 Å². The zero-order chi connectivity index (χ0) is 16.4. The molecule has 1 fully saturated rings. The molecule has 0 aromatic carbocycles. The lowest BCUT2D eigenvalue weighted by molar-refractivity contribution is 0.0936. The summed E-state index contributed by atoms with van der Waals surface area (Å²) in [4.78, 5) is 16.4. The van der Waals surface area contributed by atoms with E-state index in [9.17, 15) is 4.79 Å². The number of carbonyl (C=O) groups excluding carboxylic acids is 1. The molecule has 124 valence electrons. The van der Waals surface area contributed by atoms with Crippen molar-refractivity contribution in [1.82, 2.24) is 10.2 Å². The van der Waals surface area contributed by atoms with Crippen molar-refractivity contribution in [2.45, 2.75) is 39.7 Å². The lowest BCUT2D eigenvalue weighted by Crippen LogP contribution is -2.36. The first-order valence-corrected chi connectivity index (χ1v) is 9.08. The molecule has 2 aromatic heterocycles. The first-order chi connectivity index (χ1) is 11.1. The van der Waals surface area contributed by atoms with E-state index in [0.717, 1.165) is 24.4 Å². The Morgan fingerprint density at radius 2 is 2.04 bits per heavy atom. The maximum atomic E-state index is 12.6. The summed E-state index contributed by atoms with van der Waals surface area (Å²) in [6.07, 6.45) is 2.49. The van der Waals surface area contributed by atoms with E-state index >= 15 is 0 Å². The summed E-state index contributed by atoms with van der Waals surface area (Å²) in [5.74, 6) is 1.49. The van der Waals surface area contributed by atoms with Gasteiger partial charge in [-0.25, -0.2) is 0 Å². The number of furan rings is 1. The van der Waals surface area contributed by atoms with Gasteiger partial charge in [-0.1, -0.05) is 6.07 Å². The summed E-state index contributed by atoms with van der Waals surface area (Å²) in [5, 5.41) is 5.23. The van der Waals surface area contributed by atoms with E-state index in [1.165, 1.54) is 17.7 Å². The number of nitrogens with one attached hydrogen (secondary N) is 1. The Hall–Kier alpha value is -1.59. The van der Waals surface area contributed by atoms with E-state index in [4.69, 9.17) is 4.42 Å². The van der Waals surface area contributed by atoms with Gasteiger partial charge in [-0.2, -0.15) is 0 Å². The van der Waals surface area contributed by atoms with Gasteiger partial charge in [-0.15, -0.1) is 11.3 Å². The van der Waals surface area contributed by atoms with Crippen molar-refractivity contribution in [1.29, 1.82) is 0 Å². The molecule has 2 aromatic rings. The van der Waals surface area contributed by atoms with Gasteiger partial charge >= 0.3 is 0 Å². The maximum Gasteiger partial charge on any atom is 0.255 e. The highest BCUT2D eigenvalue weighted by molar-refractivity contribution is 7.10.